The van der Waals surface area contributed by atoms with Crippen LogP contribution in [0.15, 0.2) is 12.4 Å². The second-order valence-electron chi connectivity index (χ2n) is 12.1. The van der Waals surface area contributed by atoms with Crippen molar-refractivity contribution in [3.05, 3.63) is 18.0 Å². The number of nitrogens with zero attached hydrogens (tertiary/aromatic N) is 3. The number of aromatic nitrogens is 2. The zero-order chi connectivity index (χ0) is 21.8. The molecule has 4 fully saturated rings. The van der Waals surface area contributed by atoms with Crippen LogP contribution in [0.2, 0.25) is 0 Å². The van der Waals surface area contributed by atoms with Gasteiger partial charge in [-0.2, -0.15) is 10.4 Å². The summed E-state index contributed by atoms with van der Waals surface area (Å²) in [5.74, 6) is 4.85. The highest BCUT2D eigenvalue weighted by Crippen LogP contribution is 2.69. The Labute approximate surface area is 188 Å². The molecule has 0 amide bonds. The van der Waals surface area contributed by atoms with E-state index in [4.69, 9.17) is 5.26 Å². The summed E-state index contributed by atoms with van der Waals surface area (Å²) in [6.07, 6.45) is 16.7. The van der Waals surface area contributed by atoms with Gasteiger partial charge >= 0.3 is 0 Å². The molecule has 4 aliphatic carbocycles. The molecule has 4 heteroatoms. The average Bonchev–Trinajstić information content (AvgIpc) is 3.42. The number of nitriles is 1. The van der Waals surface area contributed by atoms with E-state index in [9.17, 15) is 5.11 Å². The number of aliphatic hydroxyl groups is 1. The first kappa shape index (κ1) is 21.5. The molecular formula is C27H41N3O. The van der Waals surface area contributed by atoms with Gasteiger partial charge in [0.2, 0.25) is 0 Å². The minimum atomic E-state index is -0.370. The fourth-order valence-electron chi connectivity index (χ4n) is 9.49. The van der Waals surface area contributed by atoms with Crippen molar-refractivity contribution < 1.29 is 5.11 Å². The molecule has 4 nitrogen and oxygen atoms in total. The Bertz CT molecular complexity index is 842. The third-order valence-corrected chi connectivity index (χ3v) is 10.8. The van der Waals surface area contributed by atoms with Crippen LogP contribution in [-0.4, -0.2) is 21.0 Å². The normalized spacial score (nSPS) is 44.9. The smallest absolute Gasteiger partial charge is 0.102 e. The molecule has 1 N–H and O–H groups in total. The van der Waals surface area contributed by atoms with E-state index in [0.29, 0.717) is 23.4 Å². The van der Waals surface area contributed by atoms with Crippen LogP contribution < -0.4 is 0 Å². The van der Waals surface area contributed by atoms with Gasteiger partial charge in [-0.25, -0.2) is 0 Å². The first-order chi connectivity index (χ1) is 14.9. The molecule has 4 saturated carbocycles. The molecule has 1 aromatic rings. The van der Waals surface area contributed by atoms with E-state index < -0.39 is 0 Å². The standard InChI is InChI=1S/C27H41N3O/c1-4-5-18-12-20-6-7-21-22-8-9-24(25(31)17-30-16-19(14-28)15-29-30)26(22,2)11-10-23(21)27(20,3)13-18/h15-16,18,20-25,31H,4-13,17H2,1-3H3/t18-,20?,21+,22?,23?,24-,25+,26+,27+/m1/s1. The third-order valence-electron chi connectivity index (χ3n) is 10.8. The third kappa shape index (κ3) is 3.38. The number of hydrogen-bond acceptors (Lipinski definition) is 3. The Morgan fingerprint density at radius 3 is 2.74 bits per heavy atom. The highest BCUT2D eigenvalue weighted by molar-refractivity contribution is 5.21. The Kier molecular flexibility index (Phi) is 5.48. The first-order valence-electron chi connectivity index (χ1n) is 13.0. The van der Waals surface area contributed by atoms with Gasteiger partial charge < -0.3 is 5.11 Å². The summed E-state index contributed by atoms with van der Waals surface area (Å²) < 4.78 is 1.77. The van der Waals surface area contributed by atoms with Crippen molar-refractivity contribution in [1.29, 1.82) is 5.26 Å². The predicted molar refractivity (Wildman–Crippen MR) is 122 cm³/mol. The van der Waals surface area contributed by atoms with Crippen LogP contribution in [-0.2, 0) is 6.54 Å². The number of hydrogen-bond donors (Lipinski definition) is 1. The minimum absolute atomic E-state index is 0.260. The molecule has 0 spiro atoms. The van der Waals surface area contributed by atoms with Crippen molar-refractivity contribution >= 4 is 0 Å². The van der Waals surface area contributed by atoms with Crippen LogP contribution in [0.4, 0.5) is 0 Å². The molecule has 31 heavy (non-hydrogen) atoms. The van der Waals surface area contributed by atoms with Gasteiger partial charge in [-0.1, -0.05) is 33.6 Å². The van der Waals surface area contributed by atoms with Crippen molar-refractivity contribution in [2.24, 2.45) is 46.3 Å². The topological polar surface area (TPSA) is 61.8 Å². The summed E-state index contributed by atoms with van der Waals surface area (Å²) in [7, 11) is 0. The molecule has 1 heterocycles. The highest BCUT2D eigenvalue weighted by atomic mass is 16.3. The lowest BCUT2D eigenvalue weighted by molar-refractivity contribution is -0.100. The molecule has 170 valence electrons. The molecule has 3 unspecified atom stereocenters. The summed E-state index contributed by atoms with van der Waals surface area (Å²) in [6, 6.07) is 2.14. The molecule has 0 aliphatic heterocycles. The highest BCUT2D eigenvalue weighted by Gasteiger charge is 2.61. The van der Waals surface area contributed by atoms with Gasteiger partial charge in [-0.3, -0.25) is 4.68 Å². The maximum Gasteiger partial charge on any atom is 0.102 e. The molecule has 0 aromatic carbocycles. The fourth-order valence-corrected chi connectivity index (χ4v) is 9.49. The van der Waals surface area contributed by atoms with Crippen LogP contribution in [0.1, 0.15) is 90.5 Å². The van der Waals surface area contributed by atoms with E-state index >= 15 is 0 Å². The monoisotopic (exact) mass is 423 g/mol. The Hall–Kier alpha value is -1.34. The van der Waals surface area contributed by atoms with Gasteiger partial charge in [0.25, 0.3) is 0 Å². The molecule has 1 aromatic heterocycles. The number of fused-ring (bicyclic) bond motifs is 5. The zero-order valence-electron chi connectivity index (χ0n) is 19.8. The van der Waals surface area contributed by atoms with E-state index in [0.717, 1.165) is 36.0 Å². The fraction of sp³-hybridized carbons (Fsp3) is 0.852. The summed E-state index contributed by atoms with van der Waals surface area (Å²) in [5.41, 5.74) is 1.41. The number of aliphatic hydroxyl groups excluding tert-OH is 1. The van der Waals surface area contributed by atoms with Gasteiger partial charge in [0.05, 0.1) is 24.4 Å². The Balaban J connectivity index is 1.32. The molecular weight excluding hydrogens is 382 g/mol. The van der Waals surface area contributed by atoms with Crippen molar-refractivity contribution in [2.45, 2.75) is 97.6 Å². The lowest BCUT2D eigenvalue weighted by Gasteiger charge is -2.58. The van der Waals surface area contributed by atoms with Crippen LogP contribution in [0.5, 0.6) is 0 Å². The Morgan fingerprint density at radius 1 is 1.19 bits per heavy atom. The predicted octanol–water partition coefficient (Wildman–Crippen LogP) is 5.80. The van der Waals surface area contributed by atoms with Gasteiger partial charge in [-0.05, 0) is 97.7 Å². The number of rotatable bonds is 5. The molecule has 0 bridgehead atoms. The van der Waals surface area contributed by atoms with Crippen molar-refractivity contribution in [1.82, 2.24) is 9.78 Å². The largest absolute Gasteiger partial charge is 0.391 e. The van der Waals surface area contributed by atoms with Crippen LogP contribution in [0.25, 0.3) is 0 Å². The lowest BCUT2D eigenvalue weighted by atomic mass is 9.47. The molecule has 0 saturated heterocycles. The lowest BCUT2D eigenvalue weighted by Crippen LogP contribution is -2.51. The van der Waals surface area contributed by atoms with E-state index in [1.807, 2.05) is 0 Å². The first-order valence-corrected chi connectivity index (χ1v) is 13.0. The quantitative estimate of drug-likeness (QED) is 0.651. The van der Waals surface area contributed by atoms with Crippen LogP contribution >= 0.6 is 0 Å². The minimum Gasteiger partial charge on any atom is -0.391 e. The van der Waals surface area contributed by atoms with Crippen molar-refractivity contribution in [3.8, 4) is 6.07 Å². The summed E-state index contributed by atoms with van der Waals surface area (Å²) >= 11 is 0. The summed E-state index contributed by atoms with van der Waals surface area (Å²) in [6.45, 7) is 8.04. The summed E-state index contributed by atoms with van der Waals surface area (Å²) in [5, 5.41) is 24.6. The van der Waals surface area contributed by atoms with E-state index in [1.54, 1.807) is 17.1 Å². The van der Waals surface area contributed by atoms with Gasteiger partial charge in [-0.15, -0.1) is 0 Å². The van der Waals surface area contributed by atoms with E-state index in [2.05, 4.69) is 31.9 Å². The second-order valence-corrected chi connectivity index (χ2v) is 12.1. The molecule has 0 radical (unpaired) electrons. The van der Waals surface area contributed by atoms with E-state index in [1.165, 1.54) is 57.8 Å². The van der Waals surface area contributed by atoms with Gasteiger partial charge in [0, 0.05) is 6.20 Å². The van der Waals surface area contributed by atoms with Gasteiger partial charge in [0.15, 0.2) is 0 Å². The van der Waals surface area contributed by atoms with Crippen molar-refractivity contribution in [2.75, 3.05) is 0 Å². The van der Waals surface area contributed by atoms with Crippen LogP contribution in [0, 0.1) is 57.7 Å². The van der Waals surface area contributed by atoms with Crippen molar-refractivity contribution in [3.63, 3.8) is 0 Å². The molecule has 5 rings (SSSR count). The summed E-state index contributed by atoms with van der Waals surface area (Å²) in [4.78, 5) is 0. The maximum absolute atomic E-state index is 11.2. The van der Waals surface area contributed by atoms with Gasteiger partial charge in [0.1, 0.15) is 6.07 Å². The van der Waals surface area contributed by atoms with E-state index in [-0.39, 0.29) is 11.5 Å². The maximum atomic E-state index is 11.2. The second kappa shape index (κ2) is 7.91. The zero-order valence-corrected chi connectivity index (χ0v) is 19.8. The average molecular weight is 424 g/mol. The molecule has 4 aliphatic rings. The van der Waals surface area contributed by atoms with Crippen LogP contribution in [0.3, 0.4) is 0 Å². The Morgan fingerprint density at radius 2 is 2.00 bits per heavy atom. The SMILES string of the molecule is CCC[C@@H]1CC2CC[C@@H]3C(CC[C@@]4(C)C3CC[C@@H]4[C@@H](O)Cn3cc(C#N)cn3)[C@@]2(C)C1. The molecule has 9 atom stereocenters.